The molecule has 1 aliphatic rings. The van der Waals surface area contributed by atoms with Crippen LogP contribution in [0.3, 0.4) is 0 Å². The molecule has 1 aliphatic carbocycles. The Morgan fingerprint density at radius 1 is 1.69 bits per heavy atom. The highest BCUT2D eigenvalue weighted by atomic mass is 32.2. The van der Waals surface area contributed by atoms with E-state index in [-0.39, 0.29) is 18.1 Å². The van der Waals surface area contributed by atoms with Crippen molar-refractivity contribution in [2.75, 3.05) is 6.61 Å². The first-order chi connectivity index (χ1) is 5.87. The molecule has 5 nitrogen and oxygen atoms in total. The van der Waals surface area contributed by atoms with E-state index >= 15 is 0 Å². The number of hydrogen-bond acceptors (Lipinski definition) is 3. The smallest absolute Gasteiger partial charge is 0.274 e. The van der Waals surface area contributed by atoms with Gasteiger partial charge in [0.2, 0.25) is 0 Å². The molecule has 0 radical (unpaired) electrons. The molecule has 1 saturated carbocycles. The highest BCUT2D eigenvalue weighted by molar-refractivity contribution is 7.87. The number of rotatable bonds is 3. The molecule has 0 aromatic carbocycles. The van der Waals surface area contributed by atoms with Crippen LogP contribution in [0.4, 0.5) is 0 Å². The molecule has 0 aromatic rings. The lowest BCUT2D eigenvalue weighted by Gasteiger charge is -2.29. The van der Waals surface area contributed by atoms with Crippen LogP contribution >= 0.6 is 0 Å². The summed E-state index contributed by atoms with van der Waals surface area (Å²) in [5.74, 6) is 0. The Morgan fingerprint density at radius 2 is 2.31 bits per heavy atom. The molecule has 0 aliphatic heterocycles. The molecule has 0 aromatic heterocycles. The summed E-state index contributed by atoms with van der Waals surface area (Å²) in [5.41, 5.74) is -0.355. The summed E-state index contributed by atoms with van der Waals surface area (Å²) < 4.78 is 23.9. The van der Waals surface area contributed by atoms with E-state index < -0.39 is 10.2 Å². The number of aliphatic hydroxyl groups is 1. The van der Waals surface area contributed by atoms with Crippen molar-refractivity contribution in [2.45, 2.75) is 32.2 Å². The summed E-state index contributed by atoms with van der Waals surface area (Å²) in [5, 5.41) is 14.0. The molecule has 0 bridgehead atoms. The largest absolute Gasteiger partial charge is 0.396 e. The van der Waals surface area contributed by atoms with Gasteiger partial charge in [0, 0.05) is 18.1 Å². The summed E-state index contributed by atoms with van der Waals surface area (Å²) in [6.07, 6.45) is 2.49. The maximum atomic E-state index is 10.8. The minimum atomic E-state index is -3.65. The maximum absolute atomic E-state index is 10.8. The van der Waals surface area contributed by atoms with Crippen molar-refractivity contribution < 1.29 is 13.5 Å². The van der Waals surface area contributed by atoms with Gasteiger partial charge < -0.3 is 5.11 Å². The van der Waals surface area contributed by atoms with Gasteiger partial charge >= 0.3 is 0 Å². The van der Waals surface area contributed by atoms with Crippen LogP contribution in [0.2, 0.25) is 0 Å². The van der Waals surface area contributed by atoms with Crippen LogP contribution in [0.25, 0.3) is 0 Å². The quantitative estimate of drug-likeness (QED) is 0.574. The summed E-state index contributed by atoms with van der Waals surface area (Å²) in [6.45, 7) is 1.85. The van der Waals surface area contributed by atoms with E-state index in [0.717, 1.165) is 19.3 Å². The van der Waals surface area contributed by atoms with E-state index in [1.807, 2.05) is 6.92 Å². The van der Waals surface area contributed by atoms with Gasteiger partial charge in [0.05, 0.1) is 0 Å². The Morgan fingerprint density at radius 3 is 2.77 bits per heavy atom. The summed E-state index contributed by atoms with van der Waals surface area (Å²) >= 11 is 0. The first kappa shape index (κ1) is 10.9. The fourth-order valence-corrected chi connectivity index (χ4v) is 2.62. The Bertz CT molecular complexity index is 277. The SMILES string of the molecule is CC1(CO)CCCC1NS(N)(=O)=O. The van der Waals surface area contributed by atoms with E-state index in [1.165, 1.54) is 0 Å². The summed E-state index contributed by atoms with van der Waals surface area (Å²) in [7, 11) is -3.65. The zero-order valence-corrected chi connectivity index (χ0v) is 8.47. The van der Waals surface area contributed by atoms with Crippen molar-refractivity contribution in [3.05, 3.63) is 0 Å². The van der Waals surface area contributed by atoms with Crippen LogP contribution in [-0.2, 0) is 10.2 Å². The first-order valence-electron chi connectivity index (χ1n) is 4.28. The van der Waals surface area contributed by atoms with Gasteiger partial charge in [-0.05, 0) is 12.8 Å². The Hall–Kier alpha value is -0.170. The van der Waals surface area contributed by atoms with E-state index in [1.54, 1.807) is 0 Å². The Kier molecular flexibility index (Phi) is 2.96. The zero-order chi connectivity index (χ0) is 10.1. The molecule has 1 fully saturated rings. The van der Waals surface area contributed by atoms with Crippen molar-refractivity contribution in [2.24, 2.45) is 10.6 Å². The van der Waals surface area contributed by atoms with Crippen molar-refractivity contribution in [1.29, 1.82) is 0 Å². The molecule has 0 saturated heterocycles. The standard InChI is InChI=1S/C7H16N2O3S/c1-7(5-10)4-2-3-6(7)9-13(8,11)12/h6,9-10H,2-5H2,1H3,(H2,8,11,12). The third-order valence-electron chi connectivity index (χ3n) is 2.75. The van der Waals surface area contributed by atoms with Gasteiger partial charge in [-0.3, -0.25) is 0 Å². The average molecular weight is 208 g/mol. The molecule has 4 N–H and O–H groups in total. The van der Waals surface area contributed by atoms with Gasteiger partial charge in [-0.2, -0.15) is 13.1 Å². The van der Waals surface area contributed by atoms with Gasteiger partial charge in [-0.15, -0.1) is 0 Å². The minimum Gasteiger partial charge on any atom is -0.396 e. The van der Waals surface area contributed by atoms with Crippen LogP contribution in [0.1, 0.15) is 26.2 Å². The van der Waals surface area contributed by atoms with E-state index in [2.05, 4.69) is 4.72 Å². The van der Waals surface area contributed by atoms with Crippen LogP contribution in [0.5, 0.6) is 0 Å². The van der Waals surface area contributed by atoms with E-state index in [4.69, 9.17) is 10.2 Å². The topological polar surface area (TPSA) is 92.4 Å². The lowest BCUT2D eigenvalue weighted by atomic mass is 9.86. The second-order valence-electron chi connectivity index (χ2n) is 3.92. The second kappa shape index (κ2) is 3.53. The first-order valence-corrected chi connectivity index (χ1v) is 5.83. The normalized spacial score (nSPS) is 35.2. The molecule has 2 unspecified atom stereocenters. The average Bonchev–Trinajstić information content (AvgIpc) is 2.31. The minimum absolute atomic E-state index is 0.0137. The Labute approximate surface area is 78.5 Å². The number of aliphatic hydroxyl groups excluding tert-OH is 1. The maximum Gasteiger partial charge on any atom is 0.274 e. The third-order valence-corrected chi connectivity index (χ3v) is 3.36. The number of nitrogens with two attached hydrogens (primary N) is 1. The molecule has 2 atom stereocenters. The zero-order valence-electron chi connectivity index (χ0n) is 7.66. The highest BCUT2D eigenvalue weighted by Gasteiger charge is 2.39. The molecular weight excluding hydrogens is 192 g/mol. The fraction of sp³-hybridized carbons (Fsp3) is 1.00. The number of nitrogens with one attached hydrogen (secondary N) is 1. The predicted molar refractivity (Wildman–Crippen MR) is 49.1 cm³/mol. The van der Waals surface area contributed by atoms with Crippen molar-refractivity contribution in [3.8, 4) is 0 Å². The molecule has 6 heteroatoms. The van der Waals surface area contributed by atoms with Crippen LogP contribution in [0.15, 0.2) is 0 Å². The molecular formula is C7H16N2O3S. The van der Waals surface area contributed by atoms with Crippen LogP contribution in [-0.4, -0.2) is 26.2 Å². The monoisotopic (exact) mass is 208 g/mol. The Balaban J connectivity index is 2.70. The van der Waals surface area contributed by atoms with Gasteiger partial charge in [0.15, 0.2) is 0 Å². The van der Waals surface area contributed by atoms with Gasteiger partial charge in [0.1, 0.15) is 0 Å². The fourth-order valence-electron chi connectivity index (χ4n) is 1.82. The third kappa shape index (κ3) is 2.63. The predicted octanol–water partition coefficient (Wildman–Crippen LogP) is -0.669. The second-order valence-corrected chi connectivity index (χ2v) is 5.25. The summed E-state index contributed by atoms with van der Waals surface area (Å²) in [4.78, 5) is 0. The molecule has 0 amide bonds. The molecule has 0 heterocycles. The lowest BCUT2D eigenvalue weighted by Crippen LogP contribution is -2.47. The molecule has 0 spiro atoms. The van der Waals surface area contributed by atoms with Gasteiger partial charge in [0.25, 0.3) is 10.2 Å². The van der Waals surface area contributed by atoms with Gasteiger partial charge in [-0.25, -0.2) is 5.14 Å². The molecule has 13 heavy (non-hydrogen) atoms. The van der Waals surface area contributed by atoms with E-state index in [0.29, 0.717) is 0 Å². The van der Waals surface area contributed by atoms with Gasteiger partial charge in [-0.1, -0.05) is 13.3 Å². The molecule has 78 valence electrons. The number of hydrogen-bond donors (Lipinski definition) is 3. The van der Waals surface area contributed by atoms with Crippen LogP contribution in [0, 0.1) is 5.41 Å². The summed E-state index contributed by atoms with van der Waals surface area (Å²) in [6, 6.07) is -0.229. The lowest BCUT2D eigenvalue weighted by molar-refractivity contribution is 0.127. The van der Waals surface area contributed by atoms with Crippen molar-refractivity contribution in [1.82, 2.24) is 4.72 Å². The van der Waals surface area contributed by atoms with Crippen LogP contribution < -0.4 is 9.86 Å². The van der Waals surface area contributed by atoms with Crippen molar-refractivity contribution >= 4 is 10.2 Å². The highest BCUT2D eigenvalue weighted by Crippen LogP contribution is 2.37. The van der Waals surface area contributed by atoms with E-state index in [9.17, 15) is 8.42 Å². The van der Waals surface area contributed by atoms with Crippen molar-refractivity contribution in [3.63, 3.8) is 0 Å². The molecule has 1 rings (SSSR count).